The first-order chi connectivity index (χ1) is 10.1. The van der Waals surface area contributed by atoms with Gasteiger partial charge in [0.15, 0.2) is 6.61 Å². The van der Waals surface area contributed by atoms with Gasteiger partial charge in [-0.25, -0.2) is 0 Å². The van der Waals surface area contributed by atoms with Gasteiger partial charge in [0.25, 0.3) is 5.91 Å². The number of hydrogen-bond acceptors (Lipinski definition) is 6. The summed E-state index contributed by atoms with van der Waals surface area (Å²) in [4.78, 5) is 13.6. The number of amides is 1. The van der Waals surface area contributed by atoms with Gasteiger partial charge in [-0.1, -0.05) is 5.16 Å². The van der Waals surface area contributed by atoms with Gasteiger partial charge in [-0.05, 0) is 19.1 Å². The number of nitrogens with zero attached hydrogens (tertiary/aromatic N) is 2. The fraction of sp³-hybridized carbons (Fsp3) is 0.429. The van der Waals surface area contributed by atoms with Crippen molar-refractivity contribution in [3.63, 3.8) is 0 Å². The minimum absolute atomic E-state index is 0.0679. The molecule has 1 aromatic rings. The number of benzene rings is 1. The van der Waals surface area contributed by atoms with E-state index in [0.29, 0.717) is 43.3 Å². The molecular formula is C14H18N2O5. The van der Waals surface area contributed by atoms with E-state index in [4.69, 9.17) is 14.7 Å². The predicted molar refractivity (Wildman–Crippen MR) is 75.0 cm³/mol. The summed E-state index contributed by atoms with van der Waals surface area (Å²) in [7, 11) is 0. The Bertz CT molecular complexity index is 538. The van der Waals surface area contributed by atoms with E-state index in [2.05, 4.69) is 5.16 Å². The van der Waals surface area contributed by atoms with E-state index in [1.165, 1.54) is 6.07 Å². The second-order valence-corrected chi connectivity index (χ2v) is 4.65. The van der Waals surface area contributed by atoms with Crippen molar-refractivity contribution in [2.45, 2.75) is 6.92 Å². The zero-order valence-corrected chi connectivity index (χ0v) is 11.8. The number of hydrogen-bond donors (Lipinski definition) is 2. The third-order valence-corrected chi connectivity index (χ3v) is 3.24. The monoisotopic (exact) mass is 294 g/mol. The van der Waals surface area contributed by atoms with Crippen LogP contribution < -0.4 is 4.74 Å². The fourth-order valence-electron chi connectivity index (χ4n) is 2.01. The number of carbonyl (C=O) groups is 1. The average Bonchev–Trinajstić information content (AvgIpc) is 2.52. The lowest BCUT2D eigenvalue weighted by Crippen LogP contribution is -2.42. The maximum absolute atomic E-state index is 11.9. The van der Waals surface area contributed by atoms with Gasteiger partial charge < -0.3 is 24.7 Å². The number of carbonyl (C=O) groups excluding carboxylic acids is 1. The van der Waals surface area contributed by atoms with Gasteiger partial charge in [-0.15, -0.1) is 0 Å². The third kappa shape index (κ3) is 3.85. The van der Waals surface area contributed by atoms with Crippen LogP contribution in [0.4, 0.5) is 0 Å². The maximum atomic E-state index is 11.9. The van der Waals surface area contributed by atoms with Crippen LogP contribution in [0.5, 0.6) is 11.5 Å². The number of ether oxygens (including phenoxy) is 2. The van der Waals surface area contributed by atoms with Crippen LogP contribution >= 0.6 is 0 Å². The molecule has 1 saturated heterocycles. The van der Waals surface area contributed by atoms with Crippen LogP contribution in [0.15, 0.2) is 23.4 Å². The van der Waals surface area contributed by atoms with Gasteiger partial charge >= 0.3 is 0 Å². The Morgan fingerprint density at radius 1 is 1.43 bits per heavy atom. The lowest BCUT2D eigenvalue weighted by atomic mass is 10.1. The Hall–Kier alpha value is -2.28. The lowest BCUT2D eigenvalue weighted by Gasteiger charge is -2.26. The molecule has 0 bridgehead atoms. The largest absolute Gasteiger partial charge is 0.507 e. The molecule has 114 valence electrons. The summed E-state index contributed by atoms with van der Waals surface area (Å²) in [5.41, 5.74) is 0.702. The highest BCUT2D eigenvalue weighted by molar-refractivity contribution is 6.00. The van der Waals surface area contributed by atoms with Crippen LogP contribution in [-0.2, 0) is 9.53 Å². The van der Waals surface area contributed by atoms with Crippen molar-refractivity contribution in [3.8, 4) is 11.5 Å². The molecule has 1 fully saturated rings. The first kappa shape index (κ1) is 15.1. The zero-order valence-electron chi connectivity index (χ0n) is 11.8. The Kier molecular flexibility index (Phi) is 4.99. The van der Waals surface area contributed by atoms with Crippen LogP contribution in [0.2, 0.25) is 0 Å². The minimum Gasteiger partial charge on any atom is -0.507 e. The Labute approximate surface area is 122 Å². The Morgan fingerprint density at radius 3 is 2.76 bits per heavy atom. The van der Waals surface area contributed by atoms with Gasteiger partial charge in [0.05, 0.1) is 18.9 Å². The summed E-state index contributed by atoms with van der Waals surface area (Å²) in [5.74, 6) is 0.195. The topological polar surface area (TPSA) is 91.6 Å². The first-order valence-corrected chi connectivity index (χ1v) is 6.62. The molecule has 1 amide bonds. The molecule has 0 unspecified atom stereocenters. The fourth-order valence-corrected chi connectivity index (χ4v) is 2.01. The van der Waals surface area contributed by atoms with E-state index in [9.17, 15) is 9.90 Å². The smallest absolute Gasteiger partial charge is 0.260 e. The molecule has 1 heterocycles. The number of oxime groups is 1. The summed E-state index contributed by atoms with van der Waals surface area (Å²) in [6.07, 6.45) is 0. The number of phenolic OH excluding ortho intramolecular Hbond substituents is 1. The molecule has 1 aliphatic rings. The molecule has 0 aliphatic carbocycles. The van der Waals surface area contributed by atoms with E-state index < -0.39 is 0 Å². The lowest BCUT2D eigenvalue weighted by molar-refractivity contribution is -0.137. The number of aromatic hydroxyl groups is 1. The van der Waals surface area contributed by atoms with E-state index in [1.54, 1.807) is 24.0 Å². The molecule has 0 aromatic heterocycles. The number of morpholine rings is 1. The van der Waals surface area contributed by atoms with E-state index >= 15 is 0 Å². The average molecular weight is 294 g/mol. The van der Waals surface area contributed by atoms with Crippen molar-refractivity contribution in [2.75, 3.05) is 32.9 Å². The van der Waals surface area contributed by atoms with Gasteiger partial charge in [-0.3, -0.25) is 4.79 Å². The molecule has 21 heavy (non-hydrogen) atoms. The zero-order chi connectivity index (χ0) is 15.2. The predicted octanol–water partition coefficient (Wildman–Crippen LogP) is 0.828. The van der Waals surface area contributed by atoms with Crippen LogP contribution in [0.3, 0.4) is 0 Å². The maximum Gasteiger partial charge on any atom is 0.260 e. The standard InChI is InChI=1S/C14H18N2O5/c1-10(15-19)12-3-2-11(8-13(12)17)21-9-14(18)16-4-6-20-7-5-16/h2-3,8,17,19H,4-7,9H2,1H3/b15-10+. The van der Waals surface area contributed by atoms with Crippen molar-refractivity contribution >= 4 is 11.6 Å². The van der Waals surface area contributed by atoms with Crippen LogP contribution in [-0.4, -0.2) is 59.7 Å². The quantitative estimate of drug-likeness (QED) is 0.487. The third-order valence-electron chi connectivity index (χ3n) is 3.24. The SMILES string of the molecule is C/C(=N\O)c1ccc(OCC(=O)N2CCOCC2)cc1O. The van der Waals surface area contributed by atoms with Gasteiger partial charge in [0.2, 0.25) is 0 Å². The normalized spacial score (nSPS) is 15.9. The van der Waals surface area contributed by atoms with Crippen LogP contribution in [0, 0.1) is 0 Å². The van der Waals surface area contributed by atoms with Gasteiger partial charge in [0.1, 0.15) is 11.5 Å². The molecule has 0 radical (unpaired) electrons. The molecule has 0 atom stereocenters. The summed E-state index contributed by atoms with van der Waals surface area (Å²) >= 11 is 0. The van der Waals surface area contributed by atoms with Gasteiger partial charge in [-0.2, -0.15) is 0 Å². The van der Waals surface area contributed by atoms with Crippen molar-refractivity contribution in [1.29, 1.82) is 0 Å². The van der Waals surface area contributed by atoms with Crippen molar-refractivity contribution in [3.05, 3.63) is 23.8 Å². The molecule has 7 heteroatoms. The second-order valence-electron chi connectivity index (χ2n) is 4.65. The molecule has 2 N–H and O–H groups in total. The van der Waals surface area contributed by atoms with Crippen LogP contribution in [0.25, 0.3) is 0 Å². The Morgan fingerprint density at radius 2 is 2.14 bits per heavy atom. The van der Waals surface area contributed by atoms with E-state index in [1.807, 2.05) is 0 Å². The molecule has 1 aliphatic heterocycles. The molecule has 0 spiro atoms. The highest BCUT2D eigenvalue weighted by Crippen LogP contribution is 2.24. The second kappa shape index (κ2) is 6.94. The van der Waals surface area contributed by atoms with Crippen molar-refractivity contribution in [2.24, 2.45) is 5.16 Å². The summed E-state index contributed by atoms with van der Waals surface area (Å²) in [5, 5.41) is 21.5. The highest BCUT2D eigenvalue weighted by Gasteiger charge is 2.17. The first-order valence-electron chi connectivity index (χ1n) is 6.62. The number of phenols is 1. The number of rotatable bonds is 4. The summed E-state index contributed by atoms with van der Waals surface area (Å²) in [6, 6.07) is 4.56. The van der Waals surface area contributed by atoms with E-state index in [-0.39, 0.29) is 18.3 Å². The highest BCUT2D eigenvalue weighted by atomic mass is 16.5. The molecule has 2 rings (SSSR count). The molecule has 7 nitrogen and oxygen atoms in total. The molecule has 1 aromatic carbocycles. The summed E-state index contributed by atoms with van der Waals surface area (Å²) in [6.45, 7) is 3.70. The van der Waals surface area contributed by atoms with Crippen molar-refractivity contribution in [1.82, 2.24) is 4.90 Å². The van der Waals surface area contributed by atoms with Gasteiger partial charge in [0, 0.05) is 24.7 Å². The molecular weight excluding hydrogens is 276 g/mol. The van der Waals surface area contributed by atoms with Crippen molar-refractivity contribution < 1.29 is 24.6 Å². The van der Waals surface area contributed by atoms with Crippen LogP contribution in [0.1, 0.15) is 12.5 Å². The summed E-state index contributed by atoms with van der Waals surface area (Å²) < 4.78 is 10.6. The Balaban J connectivity index is 1.94. The molecule has 0 saturated carbocycles. The van der Waals surface area contributed by atoms with E-state index in [0.717, 1.165) is 0 Å². The minimum atomic E-state index is -0.116.